The van der Waals surface area contributed by atoms with Crippen LogP contribution in [-0.4, -0.2) is 54.9 Å². The highest BCUT2D eigenvalue weighted by Crippen LogP contribution is 2.36. The monoisotopic (exact) mass is 420 g/mol. The van der Waals surface area contributed by atoms with Gasteiger partial charge >= 0.3 is 0 Å². The van der Waals surface area contributed by atoms with E-state index in [4.69, 9.17) is 14.0 Å². The van der Waals surface area contributed by atoms with Crippen LogP contribution in [0.25, 0.3) is 11.4 Å². The molecule has 160 valence electrons. The molecule has 2 aliphatic heterocycles. The third kappa shape index (κ3) is 3.81. The van der Waals surface area contributed by atoms with Gasteiger partial charge in [-0.05, 0) is 49.2 Å². The van der Waals surface area contributed by atoms with E-state index in [1.165, 1.54) is 0 Å². The van der Waals surface area contributed by atoms with Crippen molar-refractivity contribution in [2.24, 2.45) is 0 Å². The number of ether oxygens (including phenoxy) is 2. The minimum absolute atomic E-state index is 0.0636. The highest BCUT2D eigenvalue weighted by atomic mass is 16.7. The van der Waals surface area contributed by atoms with Gasteiger partial charge in [-0.15, -0.1) is 0 Å². The second kappa shape index (κ2) is 7.94. The van der Waals surface area contributed by atoms with Crippen LogP contribution in [0.4, 0.5) is 5.69 Å². The molecular weight excluding hydrogens is 396 g/mol. The summed E-state index contributed by atoms with van der Waals surface area (Å²) in [5, 5.41) is 4.15. The fourth-order valence-electron chi connectivity index (χ4n) is 3.98. The number of nitrogens with zero attached hydrogens (tertiary/aromatic N) is 4. The lowest BCUT2D eigenvalue weighted by Gasteiger charge is -2.30. The van der Waals surface area contributed by atoms with E-state index in [0.717, 1.165) is 29.8 Å². The van der Waals surface area contributed by atoms with E-state index in [0.29, 0.717) is 36.1 Å². The molecule has 1 amide bonds. The van der Waals surface area contributed by atoms with E-state index in [1.807, 2.05) is 66.4 Å². The molecule has 0 bridgehead atoms. The van der Waals surface area contributed by atoms with E-state index >= 15 is 0 Å². The predicted molar refractivity (Wildman–Crippen MR) is 115 cm³/mol. The van der Waals surface area contributed by atoms with Crippen LogP contribution < -0.4 is 14.4 Å². The topological polar surface area (TPSA) is 80.9 Å². The van der Waals surface area contributed by atoms with Gasteiger partial charge in [-0.1, -0.05) is 11.2 Å². The maximum Gasteiger partial charge on any atom is 0.253 e. The second-order valence-electron chi connectivity index (χ2n) is 8.04. The Morgan fingerprint density at radius 3 is 2.68 bits per heavy atom. The lowest BCUT2D eigenvalue weighted by Crippen LogP contribution is -2.38. The second-order valence-corrected chi connectivity index (χ2v) is 8.04. The Hall–Kier alpha value is -3.55. The molecule has 0 radical (unpaired) electrons. The van der Waals surface area contributed by atoms with Crippen LogP contribution in [0.15, 0.2) is 47.0 Å². The fourth-order valence-corrected chi connectivity index (χ4v) is 3.98. The average Bonchev–Trinajstić information content (AvgIpc) is 3.48. The van der Waals surface area contributed by atoms with Gasteiger partial charge in [0.15, 0.2) is 11.5 Å². The highest BCUT2D eigenvalue weighted by Gasteiger charge is 2.28. The van der Waals surface area contributed by atoms with Crippen LogP contribution in [0.2, 0.25) is 0 Å². The summed E-state index contributed by atoms with van der Waals surface area (Å²) in [6, 6.07) is 13.3. The maximum atomic E-state index is 12.9. The third-order valence-corrected chi connectivity index (χ3v) is 5.81. The summed E-state index contributed by atoms with van der Waals surface area (Å²) in [7, 11) is 3.94. The Bertz CT molecular complexity index is 1100. The number of piperidine rings is 1. The Balaban J connectivity index is 1.24. The van der Waals surface area contributed by atoms with Crippen molar-refractivity contribution >= 4 is 11.6 Å². The first-order valence-corrected chi connectivity index (χ1v) is 10.4. The lowest BCUT2D eigenvalue weighted by atomic mass is 9.96. The molecule has 0 aliphatic carbocycles. The zero-order chi connectivity index (χ0) is 21.4. The third-order valence-electron chi connectivity index (χ3n) is 5.81. The van der Waals surface area contributed by atoms with E-state index in [2.05, 4.69) is 10.1 Å². The predicted octanol–water partition coefficient (Wildman–Crippen LogP) is 3.55. The van der Waals surface area contributed by atoms with Crippen molar-refractivity contribution in [3.05, 3.63) is 53.9 Å². The van der Waals surface area contributed by atoms with Crippen LogP contribution in [0.3, 0.4) is 0 Å². The van der Waals surface area contributed by atoms with Crippen molar-refractivity contribution in [2.45, 2.75) is 18.8 Å². The van der Waals surface area contributed by atoms with Gasteiger partial charge in [0.1, 0.15) is 0 Å². The summed E-state index contributed by atoms with van der Waals surface area (Å²) in [4.78, 5) is 21.4. The van der Waals surface area contributed by atoms with E-state index in [9.17, 15) is 4.79 Å². The van der Waals surface area contributed by atoms with Crippen molar-refractivity contribution in [2.75, 3.05) is 38.9 Å². The van der Waals surface area contributed by atoms with Crippen LogP contribution >= 0.6 is 0 Å². The van der Waals surface area contributed by atoms with Gasteiger partial charge in [-0.3, -0.25) is 4.79 Å². The first-order chi connectivity index (χ1) is 15.1. The van der Waals surface area contributed by atoms with Crippen LogP contribution in [0.5, 0.6) is 11.5 Å². The largest absolute Gasteiger partial charge is 0.454 e. The van der Waals surface area contributed by atoms with E-state index in [1.54, 1.807) is 0 Å². The first kappa shape index (κ1) is 19.4. The van der Waals surface area contributed by atoms with Gasteiger partial charge < -0.3 is 23.8 Å². The van der Waals surface area contributed by atoms with Crippen molar-refractivity contribution in [1.29, 1.82) is 0 Å². The number of aromatic nitrogens is 2. The molecular formula is C23H24N4O4. The molecule has 31 heavy (non-hydrogen) atoms. The molecule has 2 aliphatic rings. The van der Waals surface area contributed by atoms with Crippen molar-refractivity contribution in [3.8, 4) is 22.9 Å². The highest BCUT2D eigenvalue weighted by molar-refractivity contribution is 5.95. The fraction of sp³-hybridized carbons (Fsp3) is 0.348. The lowest BCUT2D eigenvalue weighted by molar-refractivity contribution is 0.0704. The molecule has 2 aromatic carbocycles. The van der Waals surface area contributed by atoms with E-state index < -0.39 is 0 Å². The first-order valence-electron chi connectivity index (χ1n) is 10.4. The summed E-state index contributed by atoms with van der Waals surface area (Å²) in [5.41, 5.74) is 2.56. The summed E-state index contributed by atoms with van der Waals surface area (Å²) < 4.78 is 16.3. The number of fused-ring (bicyclic) bond motifs is 1. The molecule has 3 heterocycles. The Morgan fingerprint density at radius 1 is 1.06 bits per heavy atom. The number of hydrogen-bond acceptors (Lipinski definition) is 7. The molecule has 5 rings (SSSR count). The van der Waals surface area contributed by atoms with Crippen LogP contribution in [0, 0.1) is 0 Å². The average molecular weight is 420 g/mol. The zero-order valence-electron chi connectivity index (χ0n) is 17.6. The molecule has 8 heteroatoms. The molecule has 0 atom stereocenters. The zero-order valence-corrected chi connectivity index (χ0v) is 17.6. The Morgan fingerprint density at radius 2 is 1.87 bits per heavy atom. The smallest absolute Gasteiger partial charge is 0.253 e. The van der Waals surface area contributed by atoms with E-state index in [-0.39, 0.29) is 18.6 Å². The summed E-state index contributed by atoms with van der Waals surface area (Å²) in [6.07, 6.45) is 1.59. The standard InChI is InChI=1S/C23H24N4O4/c1-26(2)18-5-3-4-17(12-18)23(28)27-10-8-15(9-11-27)22-24-21(25-31-22)16-6-7-19-20(13-16)30-14-29-19/h3-7,12-13,15H,8-11,14H2,1-2H3. The Kier molecular flexibility index (Phi) is 4.97. The maximum absolute atomic E-state index is 12.9. The number of hydrogen-bond donors (Lipinski definition) is 0. The van der Waals surface area contributed by atoms with Gasteiger partial charge in [-0.25, -0.2) is 0 Å². The van der Waals surface area contributed by atoms with Gasteiger partial charge in [0.25, 0.3) is 5.91 Å². The van der Waals surface area contributed by atoms with Crippen LogP contribution in [0.1, 0.15) is 35.0 Å². The minimum Gasteiger partial charge on any atom is -0.454 e. The number of rotatable bonds is 4. The number of anilines is 1. The van der Waals surface area contributed by atoms with Gasteiger partial charge in [0.2, 0.25) is 18.5 Å². The molecule has 0 spiro atoms. The number of carbonyl (C=O) groups is 1. The number of carbonyl (C=O) groups excluding carboxylic acids is 1. The SMILES string of the molecule is CN(C)c1cccc(C(=O)N2CCC(c3nc(-c4ccc5c(c4)OCO5)no3)CC2)c1. The number of benzene rings is 2. The van der Waals surface area contributed by atoms with Gasteiger partial charge in [0.05, 0.1) is 0 Å². The molecule has 1 fully saturated rings. The molecule has 0 saturated carbocycles. The quantitative estimate of drug-likeness (QED) is 0.638. The summed E-state index contributed by atoms with van der Waals surface area (Å²) in [5.74, 6) is 2.78. The molecule has 3 aromatic rings. The van der Waals surface area contributed by atoms with Crippen LogP contribution in [-0.2, 0) is 0 Å². The molecule has 0 N–H and O–H groups in total. The number of amides is 1. The normalized spacial score (nSPS) is 15.9. The Labute approximate surface area is 180 Å². The van der Waals surface area contributed by atoms with Crippen molar-refractivity contribution < 1.29 is 18.8 Å². The van der Waals surface area contributed by atoms with Crippen molar-refractivity contribution in [3.63, 3.8) is 0 Å². The van der Waals surface area contributed by atoms with Crippen molar-refractivity contribution in [1.82, 2.24) is 15.0 Å². The number of likely N-dealkylation sites (tertiary alicyclic amines) is 1. The summed E-state index contributed by atoms with van der Waals surface area (Å²) >= 11 is 0. The molecule has 8 nitrogen and oxygen atoms in total. The molecule has 0 unspecified atom stereocenters. The summed E-state index contributed by atoms with van der Waals surface area (Å²) in [6.45, 7) is 1.56. The van der Waals surface area contributed by atoms with Gasteiger partial charge in [-0.2, -0.15) is 4.98 Å². The minimum atomic E-state index is 0.0636. The molecule has 1 saturated heterocycles. The van der Waals surface area contributed by atoms with Gasteiger partial charge in [0, 0.05) is 49.9 Å². The molecule has 1 aromatic heterocycles.